The Bertz CT molecular complexity index is 1520. The molecule has 0 saturated carbocycles. The van der Waals surface area contributed by atoms with E-state index in [2.05, 4.69) is 36.4 Å². The van der Waals surface area contributed by atoms with E-state index in [0.717, 1.165) is 5.01 Å². The van der Waals surface area contributed by atoms with Crippen LogP contribution in [0, 0.1) is 26.4 Å². The van der Waals surface area contributed by atoms with Gasteiger partial charge in [-0.25, -0.2) is 14.8 Å². The molecule has 2 amide bonds. The van der Waals surface area contributed by atoms with E-state index in [4.69, 9.17) is 5.26 Å². The third-order valence-corrected chi connectivity index (χ3v) is 5.62. The number of nitrogens with zero attached hydrogens (tertiary/aromatic N) is 7. The largest absolute Gasteiger partial charge is 0.404 e. The number of rotatable bonds is 7. The first kappa shape index (κ1) is 24.9. The van der Waals surface area contributed by atoms with Crippen molar-refractivity contribution in [2.75, 3.05) is 15.3 Å². The predicted molar refractivity (Wildman–Crippen MR) is 140 cm³/mol. The second-order valence-electron chi connectivity index (χ2n) is 7.28. The van der Waals surface area contributed by atoms with Crippen LogP contribution in [0.2, 0.25) is 0 Å². The lowest BCUT2D eigenvalue weighted by molar-refractivity contribution is -0.384. The summed E-state index contributed by atoms with van der Waals surface area (Å²) in [5, 5.41) is 28.2. The van der Waals surface area contributed by atoms with Crippen LogP contribution < -0.4 is 15.3 Å². The molecule has 0 saturated heterocycles. The van der Waals surface area contributed by atoms with E-state index in [1.165, 1.54) is 41.5 Å². The van der Waals surface area contributed by atoms with Crippen LogP contribution in [0.4, 0.5) is 39.3 Å². The molecule has 0 bridgehead atoms. The summed E-state index contributed by atoms with van der Waals surface area (Å²) in [6.07, 6.45) is 1.41. The second-order valence-corrected chi connectivity index (χ2v) is 8.13. The zero-order chi connectivity index (χ0) is 26.4. The molecule has 0 unspecified atom stereocenters. The van der Waals surface area contributed by atoms with Crippen LogP contribution in [-0.4, -0.2) is 20.9 Å². The summed E-state index contributed by atoms with van der Waals surface area (Å²) in [4.78, 5) is 43.9. The van der Waals surface area contributed by atoms with E-state index in [1.807, 2.05) is 6.07 Å². The molecule has 12 nitrogen and oxygen atoms in total. The fourth-order valence-corrected chi connectivity index (χ4v) is 3.78. The van der Waals surface area contributed by atoms with Gasteiger partial charge in [0.1, 0.15) is 0 Å². The standard InChI is InChI=1S/C24H15BrN8O4/c25-20-6-1-2-7-21(20)32(24(34)30-35)31(18-4-3-5-19(14-18)33(36)37)22-12-13-27-23(29-22)28-17-10-8-16(15-26)9-11-17/h1-14H,(H,27,28,29). The van der Waals surface area contributed by atoms with E-state index in [1.54, 1.807) is 48.5 Å². The molecule has 1 heterocycles. The van der Waals surface area contributed by atoms with Crippen LogP contribution in [0.5, 0.6) is 0 Å². The second kappa shape index (κ2) is 11.0. The molecule has 1 N–H and O–H groups in total. The number of aromatic nitrogens is 2. The Kier molecular flexibility index (Phi) is 7.41. The Balaban J connectivity index is 1.87. The molecule has 0 aliphatic rings. The molecule has 4 rings (SSSR count). The Hall–Kier alpha value is -5.22. The van der Waals surface area contributed by atoms with Gasteiger partial charge in [0.2, 0.25) is 5.95 Å². The van der Waals surface area contributed by atoms with Crippen molar-refractivity contribution in [2.45, 2.75) is 0 Å². The highest BCUT2D eigenvalue weighted by atomic mass is 79.9. The molecule has 182 valence electrons. The Labute approximate surface area is 218 Å². The Morgan fingerprint density at radius 2 is 1.84 bits per heavy atom. The van der Waals surface area contributed by atoms with Gasteiger partial charge in [-0.15, -0.1) is 4.91 Å². The lowest BCUT2D eigenvalue weighted by Crippen LogP contribution is -2.43. The molecular weight excluding hydrogens is 544 g/mol. The molecule has 4 aromatic rings. The minimum absolute atomic E-state index is 0.0967. The normalized spacial score (nSPS) is 10.2. The zero-order valence-electron chi connectivity index (χ0n) is 18.7. The SMILES string of the molecule is N#Cc1ccc(Nc2nccc(N(c3cccc([N+](=O)[O-])c3)N(C(=O)N=O)c3ccccc3Br)n2)cc1. The number of anilines is 5. The van der Waals surface area contributed by atoms with Gasteiger partial charge < -0.3 is 5.32 Å². The van der Waals surface area contributed by atoms with Crippen LogP contribution >= 0.6 is 15.9 Å². The van der Waals surface area contributed by atoms with E-state index in [-0.39, 0.29) is 28.8 Å². The number of nitriles is 1. The van der Waals surface area contributed by atoms with Gasteiger partial charge in [-0.3, -0.25) is 10.1 Å². The number of nitroso groups, excluding NO2 is 1. The number of para-hydroxylation sites is 1. The number of hydrogen-bond acceptors (Lipinski definition) is 9. The van der Waals surface area contributed by atoms with Gasteiger partial charge in [0.25, 0.3) is 5.69 Å². The first-order valence-corrected chi connectivity index (χ1v) is 11.3. The number of nitro benzene ring substituents is 1. The highest BCUT2D eigenvalue weighted by molar-refractivity contribution is 9.10. The number of urea groups is 1. The van der Waals surface area contributed by atoms with Crippen LogP contribution in [0.1, 0.15) is 5.56 Å². The van der Waals surface area contributed by atoms with Crippen molar-refractivity contribution in [1.82, 2.24) is 9.97 Å². The molecule has 37 heavy (non-hydrogen) atoms. The number of hydrazine groups is 1. The summed E-state index contributed by atoms with van der Waals surface area (Å²) >= 11 is 3.38. The molecule has 0 aliphatic heterocycles. The first-order valence-electron chi connectivity index (χ1n) is 10.5. The van der Waals surface area contributed by atoms with Gasteiger partial charge in [0.15, 0.2) is 5.82 Å². The fourth-order valence-electron chi connectivity index (χ4n) is 3.33. The molecule has 0 atom stereocenters. The van der Waals surface area contributed by atoms with Gasteiger partial charge in [0, 0.05) is 39.7 Å². The molecule has 13 heteroatoms. The zero-order valence-corrected chi connectivity index (χ0v) is 20.3. The number of benzene rings is 3. The van der Waals surface area contributed by atoms with Gasteiger partial charge >= 0.3 is 6.03 Å². The van der Waals surface area contributed by atoms with Crippen LogP contribution in [0.3, 0.4) is 0 Å². The minimum Gasteiger partial charge on any atom is -0.324 e. The number of nitrogens with one attached hydrogen (secondary N) is 1. The van der Waals surface area contributed by atoms with Crippen molar-refractivity contribution in [3.8, 4) is 6.07 Å². The molecular formula is C24H15BrN8O4. The summed E-state index contributed by atoms with van der Waals surface area (Å²) in [6.45, 7) is 0. The molecule has 0 radical (unpaired) electrons. The number of amides is 2. The summed E-state index contributed by atoms with van der Waals surface area (Å²) in [5.74, 6) is 0.218. The third-order valence-electron chi connectivity index (χ3n) is 4.95. The van der Waals surface area contributed by atoms with E-state index >= 15 is 0 Å². The summed E-state index contributed by atoms with van der Waals surface area (Å²) < 4.78 is 0.451. The molecule has 3 aromatic carbocycles. The Morgan fingerprint density at radius 3 is 2.51 bits per heavy atom. The van der Waals surface area contributed by atoms with Crippen molar-refractivity contribution in [1.29, 1.82) is 5.26 Å². The van der Waals surface area contributed by atoms with E-state index in [0.29, 0.717) is 15.7 Å². The van der Waals surface area contributed by atoms with Gasteiger partial charge in [-0.05, 0) is 58.4 Å². The lowest BCUT2D eigenvalue weighted by Gasteiger charge is -2.34. The van der Waals surface area contributed by atoms with Crippen molar-refractivity contribution >= 4 is 56.5 Å². The highest BCUT2D eigenvalue weighted by Gasteiger charge is 2.30. The van der Waals surface area contributed by atoms with E-state index < -0.39 is 11.0 Å². The number of hydrogen-bond donors (Lipinski definition) is 1. The van der Waals surface area contributed by atoms with Crippen molar-refractivity contribution in [2.24, 2.45) is 5.18 Å². The monoisotopic (exact) mass is 558 g/mol. The quantitative estimate of drug-likeness (QED) is 0.158. The minimum atomic E-state index is -1.20. The summed E-state index contributed by atoms with van der Waals surface area (Å²) in [7, 11) is 0. The van der Waals surface area contributed by atoms with Crippen LogP contribution in [0.25, 0.3) is 0 Å². The smallest absolute Gasteiger partial charge is 0.324 e. The third kappa shape index (κ3) is 5.55. The van der Waals surface area contributed by atoms with Gasteiger partial charge in [0.05, 0.1) is 27.9 Å². The number of carbonyl (C=O) groups excluding carboxylic acids is 1. The first-order chi connectivity index (χ1) is 17.9. The van der Waals surface area contributed by atoms with Crippen molar-refractivity contribution in [3.63, 3.8) is 0 Å². The maximum absolute atomic E-state index is 12.9. The topological polar surface area (TPSA) is 158 Å². The van der Waals surface area contributed by atoms with Crippen molar-refractivity contribution in [3.05, 3.63) is 110 Å². The molecule has 0 spiro atoms. The van der Waals surface area contributed by atoms with E-state index in [9.17, 15) is 19.8 Å². The van der Waals surface area contributed by atoms with Gasteiger partial charge in [-0.2, -0.15) is 15.3 Å². The van der Waals surface area contributed by atoms with Gasteiger partial charge in [-0.1, -0.05) is 18.2 Å². The lowest BCUT2D eigenvalue weighted by atomic mass is 10.2. The highest BCUT2D eigenvalue weighted by Crippen LogP contribution is 2.36. The molecule has 0 fully saturated rings. The predicted octanol–water partition coefficient (Wildman–Crippen LogP) is 6.21. The number of non-ortho nitro benzene ring substituents is 1. The van der Waals surface area contributed by atoms with Crippen LogP contribution in [0.15, 0.2) is 94.7 Å². The Morgan fingerprint density at radius 1 is 1.08 bits per heavy atom. The maximum atomic E-state index is 12.9. The maximum Gasteiger partial charge on any atom is 0.404 e. The van der Waals surface area contributed by atoms with Crippen molar-refractivity contribution < 1.29 is 9.72 Å². The summed E-state index contributed by atoms with van der Waals surface area (Å²) in [6, 6.07) is 20.9. The van der Waals surface area contributed by atoms with Crippen LogP contribution in [-0.2, 0) is 0 Å². The average Bonchev–Trinajstić information content (AvgIpc) is 2.92. The number of nitro groups is 1. The summed E-state index contributed by atoms with van der Waals surface area (Å²) in [5.41, 5.74) is 1.21. The fraction of sp³-hybridized carbons (Fsp3) is 0. The number of halogens is 1. The number of carbonyl (C=O) groups is 1. The average molecular weight is 559 g/mol. The molecule has 0 aliphatic carbocycles. The molecule has 1 aromatic heterocycles.